The Balaban J connectivity index is 1.70. The zero-order chi connectivity index (χ0) is 19.2. The highest BCUT2D eigenvalue weighted by atomic mass is 32.2. The van der Waals surface area contributed by atoms with E-state index in [-0.39, 0.29) is 17.4 Å². The molecule has 0 spiro atoms. The molecule has 0 unspecified atom stereocenters. The molecular formula is C17H17N7O2S. The minimum absolute atomic E-state index is 0.118. The fourth-order valence-electron chi connectivity index (χ4n) is 2.80. The van der Waals surface area contributed by atoms with Crippen LogP contribution in [0.2, 0.25) is 0 Å². The average molecular weight is 383 g/mol. The first-order valence-electron chi connectivity index (χ1n) is 8.31. The van der Waals surface area contributed by atoms with E-state index in [1.54, 1.807) is 18.3 Å². The van der Waals surface area contributed by atoms with Gasteiger partial charge >= 0.3 is 0 Å². The van der Waals surface area contributed by atoms with Gasteiger partial charge in [-0.1, -0.05) is 6.07 Å². The van der Waals surface area contributed by atoms with Crippen molar-refractivity contribution in [3.05, 3.63) is 36.3 Å². The van der Waals surface area contributed by atoms with Gasteiger partial charge in [0, 0.05) is 18.3 Å². The Kier molecular flexibility index (Phi) is 3.87. The van der Waals surface area contributed by atoms with Crippen molar-refractivity contribution < 1.29 is 8.42 Å². The largest absolute Gasteiger partial charge is 0.369 e. The number of benzene rings is 1. The highest BCUT2D eigenvalue weighted by Crippen LogP contribution is 2.44. The van der Waals surface area contributed by atoms with Crippen LogP contribution in [0.4, 0.5) is 5.95 Å². The van der Waals surface area contributed by atoms with Crippen LogP contribution in [-0.4, -0.2) is 34.3 Å². The van der Waals surface area contributed by atoms with Crippen molar-refractivity contribution in [3.8, 4) is 17.3 Å². The Morgan fingerprint density at radius 3 is 2.81 bits per heavy atom. The maximum atomic E-state index is 12.7. The molecule has 3 aromatic rings. The Morgan fingerprint density at radius 2 is 2.15 bits per heavy atom. The van der Waals surface area contributed by atoms with Gasteiger partial charge in [-0.25, -0.2) is 28.1 Å². The van der Waals surface area contributed by atoms with Crippen molar-refractivity contribution in [2.24, 2.45) is 5.41 Å². The molecular weight excluding hydrogens is 366 g/mol. The molecule has 0 saturated heterocycles. The summed E-state index contributed by atoms with van der Waals surface area (Å²) < 4.78 is 29.4. The molecule has 0 radical (unpaired) electrons. The van der Waals surface area contributed by atoms with Gasteiger partial charge in [0.05, 0.1) is 22.1 Å². The van der Waals surface area contributed by atoms with Crippen molar-refractivity contribution in [2.75, 3.05) is 12.3 Å². The highest BCUT2D eigenvalue weighted by Gasteiger charge is 2.43. The van der Waals surface area contributed by atoms with Crippen molar-refractivity contribution in [1.29, 1.82) is 5.26 Å². The summed E-state index contributed by atoms with van der Waals surface area (Å²) in [6.07, 6.45) is 4.43. The number of aromatic nitrogens is 4. The first kappa shape index (κ1) is 17.4. The Morgan fingerprint density at radius 1 is 1.37 bits per heavy atom. The number of fused-ring (bicyclic) bond motifs is 1. The Labute approximate surface area is 155 Å². The van der Waals surface area contributed by atoms with Gasteiger partial charge in [-0.05, 0) is 37.5 Å². The second-order valence-electron chi connectivity index (χ2n) is 6.72. The maximum Gasteiger partial charge on any atom is 0.240 e. The molecule has 4 rings (SSSR count). The third-order valence-electron chi connectivity index (χ3n) is 4.78. The fraction of sp³-hybridized carbons (Fsp3) is 0.294. The predicted octanol–water partition coefficient (Wildman–Crippen LogP) is 1.26. The van der Waals surface area contributed by atoms with E-state index in [1.807, 2.05) is 6.92 Å². The minimum Gasteiger partial charge on any atom is -0.369 e. The van der Waals surface area contributed by atoms with E-state index in [2.05, 4.69) is 25.7 Å². The molecule has 0 amide bonds. The molecule has 27 heavy (non-hydrogen) atoms. The van der Waals surface area contributed by atoms with E-state index in [4.69, 9.17) is 11.0 Å². The van der Waals surface area contributed by atoms with Crippen molar-refractivity contribution in [1.82, 2.24) is 24.1 Å². The van der Waals surface area contributed by atoms with Crippen LogP contribution in [0, 0.1) is 23.7 Å². The van der Waals surface area contributed by atoms with Gasteiger partial charge in [0.25, 0.3) is 0 Å². The van der Waals surface area contributed by atoms with Crippen LogP contribution in [0.15, 0.2) is 35.6 Å². The molecule has 2 aromatic heterocycles. The quantitative estimate of drug-likeness (QED) is 0.676. The van der Waals surface area contributed by atoms with E-state index < -0.39 is 15.4 Å². The first-order valence-corrected chi connectivity index (χ1v) is 9.79. The third-order valence-corrected chi connectivity index (χ3v) is 6.18. The molecule has 138 valence electrons. The number of anilines is 1. The summed E-state index contributed by atoms with van der Waals surface area (Å²) in [5, 5.41) is 9.13. The summed E-state index contributed by atoms with van der Waals surface area (Å²) in [6, 6.07) is 7.00. The molecule has 3 N–H and O–H groups in total. The zero-order valence-electron chi connectivity index (χ0n) is 14.5. The molecule has 1 aliphatic rings. The number of sulfonamides is 1. The van der Waals surface area contributed by atoms with Crippen LogP contribution < -0.4 is 10.5 Å². The monoisotopic (exact) mass is 383 g/mol. The number of nitrogens with two attached hydrogens (primary N) is 1. The van der Waals surface area contributed by atoms with E-state index in [0.29, 0.717) is 17.0 Å². The van der Waals surface area contributed by atoms with E-state index in [0.717, 1.165) is 18.4 Å². The lowest BCUT2D eigenvalue weighted by Crippen LogP contribution is -2.29. The molecule has 1 fully saturated rings. The molecule has 0 bridgehead atoms. The molecule has 2 heterocycles. The molecule has 0 aliphatic heterocycles. The van der Waals surface area contributed by atoms with Gasteiger partial charge in [-0.2, -0.15) is 5.26 Å². The summed E-state index contributed by atoms with van der Waals surface area (Å²) >= 11 is 0. The lowest BCUT2D eigenvalue weighted by Gasteiger charge is -2.11. The standard InChI is InChI=1S/C17H17N7O2S/c1-11-2-3-12(27(25,26)22-9-17(8-18)4-5-17)6-13(11)14-7-24-15(19)20-10-21-16(24)23-14/h2-3,6-7,10,22H,4-5,9H2,1H3,(H2,19,20,21,23). The zero-order valence-corrected chi connectivity index (χ0v) is 15.4. The predicted molar refractivity (Wildman–Crippen MR) is 97.8 cm³/mol. The van der Waals surface area contributed by atoms with Crippen LogP contribution in [0.1, 0.15) is 18.4 Å². The average Bonchev–Trinajstić information content (AvgIpc) is 3.30. The topological polar surface area (TPSA) is 139 Å². The van der Waals surface area contributed by atoms with Gasteiger partial charge in [0.2, 0.25) is 21.7 Å². The second-order valence-corrected chi connectivity index (χ2v) is 8.49. The minimum atomic E-state index is -3.74. The van der Waals surface area contributed by atoms with E-state index >= 15 is 0 Å². The SMILES string of the molecule is Cc1ccc(S(=O)(=O)NCC2(C#N)CC2)cc1-c1cn2c(N)ncnc2n1. The number of imidazole rings is 1. The smallest absolute Gasteiger partial charge is 0.240 e. The van der Waals surface area contributed by atoms with Crippen molar-refractivity contribution >= 4 is 21.7 Å². The summed E-state index contributed by atoms with van der Waals surface area (Å²) in [5.74, 6) is 0.626. The van der Waals surface area contributed by atoms with Crippen LogP contribution in [0.5, 0.6) is 0 Å². The lowest BCUT2D eigenvalue weighted by atomic mass is 10.1. The number of nitrogen functional groups attached to an aromatic ring is 1. The van der Waals surface area contributed by atoms with Gasteiger partial charge in [0.1, 0.15) is 6.33 Å². The number of nitriles is 1. The Hall–Kier alpha value is -3.03. The number of aryl methyl sites for hydroxylation is 1. The summed E-state index contributed by atoms with van der Waals surface area (Å²) in [4.78, 5) is 12.5. The molecule has 0 atom stereocenters. The van der Waals surface area contributed by atoms with Gasteiger partial charge in [-0.15, -0.1) is 0 Å². The number of hydrogen-bond acceptors (Lipinski definition) is 7. The lowest BCUT2D eigenvalue weighted by molar-refractivity contribution is 0.562. The van der Waals surface area contributed by atoms with Gasteiger partial charge in [0.15, 0.2) is 0 Å². The van der Waals surface area contributed by atoms with Crippen LogP contribution in [0.3, 0.4) is 0 Å². The van der Waals surface area contributed by atoms with E-state index in [1.165, 1.54) is 16.8 Å². The molecule has 1 aliphatic carbocycles. The van der Waals surface area contributed by atoms with Gasteiger partial charge in [-0.3, -0.25) is 4.40 Å². The molecule has 1 saturated carbocycles. The maximum absolute atomic E-state index is 12.7. The van der Waals surface area contributed by atoms with E-state index in [9.17, 15) is 8.42 Å². The molecule has 10 heteroatoms. The van der Waals surface area contributed by atoms with Crippen LogP contribution in [0.25, 0.3) is 17.0 Å². The highest BCUT2D eigenvalue weighted by molar-refractivity contribution is 7.89. The normalized spacial score (nSPS) is 15.6. The summed E-state index contributed by atoms with van der Waals surface area (Å²) in [7, 11) is -3.74. The van der Waals surface area contributed by atoms with Crippen LogP contribution >= 0.6 is 0 Å². The number of nitrogens with one attached hydrogen (secondary N) is 1. The first-order chi connectivity index (χ1) is 12.8. The fourth-order valence-corrected chi connectivity index (χ4v) is 3.95. The number of rotatable bonds is 5. The third kappa shape index (κ3) is 3.11. The number of hydrogen-bond donors (Lipinski definition) is 2. The van der Waals surface area contributed by atoms with Crippen LogP contribution in [-0.2, 0) is 10.0 Å². The molecule has 1 aromatic carbocycles. The molecule has 9 nitrogen and oxygen atoms in total. The number of nitrogens with zero attached hydrogens (tertiary/aromatic N) is 5. The van der Waals surface area contributed by atoms with Crippen molar-refractivity contribution in [3.63, 3.8) is 0 Å². The van der Waals surface area contributed by atoms with Crippen molar-refractivity contribution in [2.45, 2.75) is 24.7 Å². The summed E-state index contributed by atoms with van der Waals surface area (Å²) in [5.41, 5.74) is 7.33. The summed E-state index contributed by atoms with van der Waals surface area (Å²) in [6.45, 7) is 1.99. The van der Waals surface area contributed by atoms with Gasteiger partial charge < -0.3 is 5.73 Å². The second kappa shape index (κ2) is 6.00. The Bertz CT molecular complexity index is 1190.